The lowest BCUT2D eigenvalue weighted by atomic mass is 9.71. The van der Waals surface area contributed by atoms with Gasteiger partial charge in [0.1, 0.15) is 0 Å². The predicted octanol–water partition coefficient (Wildman–Crippen LogP) is 10.7. The zero-order chi connectivity index (χ0) is 40.3. The molecule has 0 N–H and O–H groups in total. The van der Waals surface area contributed by atoms with Gasteiger partial charge in [-0.1, -0.05) is 152 Å². The molecule has 0 radical (unpaired) electrons. The number of nitrogens with zero attached hydrogens (tertiary/aromatic N) is 1. The Kier molecular flexibility index (Phi) is 7.35. The van der Waals surface area contributed by atoms with E-state index >= 15 is 0 Å². The van der Waals surface area contributed by atoms with Crippen LogP contribution < -0.4 is 20.9 Å². The fraction of sp³-hybridized carbons (Fsp3) is 0.0536. The molecule has 4 heteroatoms. The molecule has 6 aliphatic rings. The largest absolute Gasteiger partial charge is 0.416 e. The third kappa shape index (κ3) is 4.93. The van der Waals surface area contributed by atoms with E-state index in [1.54, 1.807) is 0 Å². The molecule has 0 fully saturated rings. The van der Waals surface area contributed by atoms with Crippen LogP contribution in [0.25, 0.3) is 72.9 Å². The highest BCUT2D eigenvalue weighted by molar-refractivity contribution is 6.12. The maximum atomic E-state index is 13.9. The summed E-state index contributed by atoms with van der Waals surface area (Å²) < 4.78 is 41.8. The summed E-state index contributed by atoms with van der Waals surface area (Å²) in [5, 5.41) is 14.7. The van der Waals surface area contributed by atoms with Crippen LogP contribution in [-0.4, -0.2) is 0 Å². The van der Waals surface area contributed by atoms with Crippen molar-refractivity contribution >= 4 is 39.5 Å². The number of halogens is 3. The molecule has 282 valence electrons. The molecule has 1 nitrogen and oxygen atoms in total. The Labute approximate surface area is 344 Å². The molecule has 0 amide bonds. The molecule has 0 bridgehead atoms. The fourth-order valence-electron chi connectivity index (χ4n) is 10.6. The first kappa shape index (κ1) is 34.6. The van der Waals surface area contributed by atoms with Gasteiger partial charge >= 0.3 is 6.18 Å². The van der Waals surface area contributed by atoms with Crippen molar-refractivity contribution in [3.05, 3.63) is 230 Å². The van der Waals surface area contributed by atoms with Crippen molar-refractivity contribution in [2.75, 3.05) is 0 Å². The minimum Gasteiger partial charge on any atom is -0.192 e. The number of benzene rings is 6. The van der Waals surface area contributed by atoms with E-state index in [1.807, 2.05) is 30.3 Å². The average molecular weight is 776 g/mol. The third-order valence-electron chi connectivity index (χ3n) is 13.0. The first-order valence-electron chi connectivity index (χ1n) is 20.2. The zero-order valence-electron chi connectivity index (χ0n) is 32.1. The van der Waals surface area contributed by atoms with E-state index in [9.17, 15) is 18.4 Å². The SMILES string of the molecule is N#Cc1cc(-c2cccc(C3=CC=C4c5c(-c6ccccc6)c6c(c(-c7ccccc7)c5=C5C=CC=C3C45)C3=CC=CC4=c5ccccc5=C(C=6)C34)c2)cc(C(F)(F)F)c1. The lowest BCUT2D eigenvalue weighted by Crippen LogP contribution is -2.31. The third-order valence-corrected chi connectivity index (χ3v) is 13.0. The molecule has 2 unspecified atom stereocenters. The second-order valence-corrected chi connectivity index (χ2v) is 16.1. The Morgan fingerprint density at radius 3 is 1.85 bits per heavy atom. The van der Waals surface area contributed by atoms with Crippen LogP contribution >= 0.6 is 0 Å². The minimum atomic E-state index is -4.57. The van der Waals surface area contributed by atoms with Gasteiger partial charge in [-0.05, 0) is 140 Å². The average Bonchev–Trinajstić information content (AvgIpc) is 3.80. The van der Waals surface area contributed by atoms with Crippen molar-refractivity contribution in [3.8, 4) is 39.4 Å². The van der Waals surface area contributed by atoms with E-state index in [4.69, 9.17) is 0 Å². The number of fused-ring (bicyclic) bond motifs is 5. The Bertz CT molecular complexity index is 3450. The lowest BCUT2D eigenvalue weighted by Gasteiger charge is -2.31. The van der Waals surface area contributed by atoms with Crippen molar-refractivity contribution < 1.29 is 13.2 Å². The molecular formula is C56H32F3N. The second kappa shape index (κ2) is 12.8. The first-order chi connectivity index (χ1) is 29.4. The molecule has 0 aromatic heterocycles. The quantitative estimate of drug-likeness (QED) is 0.175. The summed E-state index contributed by atoms with van der Waals surface area (Å²) >= 11 is 0. The van der Waals surface area contributed by atoms with Crippen LogP contribution in [0, 0.1) is 23.2 Å². The highest BCUT2D eigenvalue weighted by atomic mass is 19.4. The van der Waals surface area contributed by atoms with Crippen LogP contribution in [0.4, 0.5) is 13.2 Å². The summed E-state index contributed by atoms with van der Waals surface area (Å²) in [6, 6.07) is 43.6. The van der Waals surface area contributed by atoms with E-state index in [0.29, 0.717) is 11.1 Å². The summed E-state index contributed by atoms with van der Waals surface area (Å²) in [4.78, 5) is 0. The molecule has 6 aliphatic carbocycles. The number of rotatable bonds is 4. The topological polar surface area (TPSA) is 23.8 Å². The van der Waals surface area contributed by atoms with Gasteiger partial charge in [0, 0.05) is 11.8 Å². The predicted molar refractivity (Wildman–Crippen MR) is 236 cm³/mol. The van der Waals surface area contributed by atoms with Gasteiger partial charge in [0.25, 0.3) is 0 Å². The van der Waals surface area contributed by atoms with Gasteiger partial charge in [0.2, 0.25) is 0 Å². The van der Waals surface area contributed by atoms with Crippen molar-refractivity contribution in [1.29, 1.82) is 5.26 Å². The summed E-state index contributed by atoms with van der Waals surface area (Å²) in [5.74, 6) is 0.0762. The van der Waals surface area contributed by atoms with Gasteiger partial charge < -0.3 is 0 Å². The smallest absolute Gasteiger partial charge is 0.192 e. The first-order valence-corrected chi connectivity index (χ1v) is 20.2. The van der Waals surface area contributed by atoms with E-state index in [2.05, 4.69) is 140 Å². The molecule has 0 aliphatic heterocycles. The Balaban J connectivity index is 1.15. The molecule has 0 heterocycles. The standard InChI is InChI=1S/C56H32F3N/c57-56(58,59)38-27-32(31-60)26-37(29-38)35-16-9-17-36(28-35)39-24-25-46-51-42(39)20-10-23-45(51)55-50(34-14-5-2-6-15-34)53-44-22-11-21-43-40-18-7-8-19-41(40)47(52(43)44)30-48(53)49(54(46)55)33-12-3-1-4-13-33/h1-30,51-52H. The van der Waals surface area contributed by atoms with Crippen molar-refractivity contribution in [1.82, 2.24) is 0 Å². The number of alkyl halides is 3. The molecule has 6 aromatic rings. The number of hydrogen-bond donors (Lipinski definition) is 0. The van der Waals surface area contributed by atoms with Crippen LogP contribution in [0.15, 0.2) is 182 Å². The molecule has 6 aromatic carbocycles. The van der Waals surface area contributed by atoms with Gasteiger partial charge in [-0.3, -0.25) is 0 Å². The molecule has 0 saturated heterocycles. The number of nitriles is 1. The van der Waals surface area contributed by atoms with Crippen LogP contribution in [0.3, 0.4) is 0 Å². The molecular weight excluding hydrogens is 744 g/mol. The highest BCUT2D eigenvalue weighted by Crippen LogP contribution is 2.53. The Morgan fingerprint density at radius 1 is 0.483 bits per heavy atom. The van der Waals surface area contributed by atoms with E-state index in [-0.39, 0.29) is 17.4 Å². The molecule has 2 atom stereocenters. The number of allylic oxidation sites excluding steroid dienone is 12. The Morgan fingerprint density at radius 2 is 1.12 bits per heavy atom. The van der Waals surface area contributed by atoms with E-state index in [0.717, 1.165) is 34.4 Å². The summed E-state index contributed by atoms with van der Waals surface area (Å²) in [5.41, 5.74) is 17.0. The fourth-order valence-corrected chi connectivity index (χ4v) is 10.6. The molecule has 12 rings (SSSR count). The van der Waals surface area contributed by atoms with Crippen molar-refractivity contribution in [3.63, 3.8) is 0 Å². The highest BCUT2D eigenvalue weighted by Gasteiger charge is 2.42. The van der Waals surface area contributed by atoms with Gasteiger partial charge in [0.05, 0.1) is 17.2 Å². The summed E-state index contributed by atoms with van der Waals surface area (Å²) in [6.45, 7) is 0. The van der Waals surface area contributed by atoms with Gasteiger partial charge in [-0.25, -0.2) is 0 Å². The van der Waals surface area contributed by atoms with Crippen LogP contribution in [0.5, 0.6) is 0 Å². The molecule has 60 heavy (non-hydrogen) atoms. The maximum Gasteiger partial charge on any atom is 0.416 e. The van der Waals surface area contributed by atoms with E-state index in [1.165, 1.54) is 82.6 Å². The van der Waals surface area contributed by atoms with E-state index < -0.39 is 11.7 Å². The molecule has 0 spiro atoms. The summed E-state index contributed by atoms with van der Waals surface area (Å²) in [7, 11) is 0. The molecule has 0 saturated carbocycles. The second-order valence-electron chi connectivity index (χ2n) is 16.1. The van der Waals surface area contributed by atoms with Crippen LogP contribution in [-0.2, 0) is 6.18 Å². The maximum absolute atomic E-state index is 13.9. The van der Waals surface area contributed by atoms with Gasteiger partial charge in [-0.2, -0.15) is 18.4 Å². The van der Waals surface area contributed by atoms with Crippen LogP contribution in [0.1, 0.15) is 27.8 Å². The van der Waals surface area contributed by atoms with Gasteiger partial charge in [0.15, 0.2) is 0 Å². The minimum absolute atomic E-state index is 0.0264. The normalized spacial score (nSPS) is 18.5. The van der Waals surface area contributed by atoms with Crippen molar-refractivity contribution in [2.45, 2.75) is 6.18 Å². The lowest BCUT2D eigenvalue weighted by molar-refractivity contribution is -0.137. The Hall–Kier alpha value is -7.48. The van der Waals surface area contributed by atoms with Crippen LogP contribution in [0.2, 0.25) is 0 Å². The van der Waals surface area contributed by atoms with Gasteiger partial charge in [-0.15, -0.1) is 0 Å². The van der Waals surface area contributed by atoms with Crippen molar-refractivity contribution in [2.24, 2.45) is 11.8 Å². The number of hydrogen-bond acceptors (Lipinski definition) is 1. The summed E-state index contributed by atoms with van der Waals surface area (Å²) in [6.07, 6.45) is 15.9. The monoisotopic (exact) mass is 775 g/mol. The zero-order valence-corrected chi connectivity index (χ0v) is 32.1.